The van der Waals surface area contributed by atoms with E-state index in [1.54, 1.807) is 10.6 Å². The first-order valence-electron chi connectivity index (χ1n) is 13.6. The van der Waals surface area contributed by atoms with Crippen LogP contribution in [-0.4, -0.2) is 86.8 Å². The third-order valence-corrected chi connectivity index (χ3v) is 9.19. The number of carbonyl (C=O) groups excluding carboxylic acids is 1. The molecule has 2 saturated heterocycles. The number of fused-ring (bicyclic) bond motifs is 3. The van der Waals surface area contributed by atoms with Crippen LogP contribution in [0.4, 0.5) is 5.69 Å². The number of piperazine rings is 1. The lowest BCUT2D eigenvalue weighted by molar-refractivity contribution is -0.123. The van der Waals surface area contributed by atoms with Gasteiger partial charge in [0.1, 0.15) is 10.8 Å². The van der Waals surface area contributed by atoms with Crippen molar-refractivity contribution in [3.05, 3.63) is 57.9 Å². The number of amides is 1. The Hall–Kier alpha value is -3.61. The van der Waals surface area contributed by atoms with E-state index in [4.69, 9.17) is 4.74 Å². The monoisotopic (exact) mass is 563 g/mol. The van der Waals surface area contributed by atoms with Crippen molar-refractivity contribution in [3.63, 3.8) is 0 Å². The number of aromatic nitrogens is 4. The first-order chi connectivity index (χ1) is 19.4. The molecule has 12 heteroatoms. The average Bonchev–Trinajstić information content (AvgIpc) is 3.37. The molecule has 2 aliphatic heterocycles. The number of H-pyrrole nitrogens is 1. The Labute approximate surface area is 233 Å². The van der Waals surface area contributed by atoms with Crippen LogP contribution in [0.5, 0.6) is 0 Å². The van der Waals surface area contributed by atoms with E-state index >= 15 is 0 Å². The van der Waals surface area contributed by atoms with E-state index in [2.05, 4.69) is 30.4 Å². The summed E-state index contributed by atoms with van der Waals surface area (Å²) < 4.78 is 20.5. The summed E-state index contributed by atoms with van der Waals surface area (Å²) in [5.41, 5.74) is 3.43. The zero-order valence-electron chi connectivity index (χ0n) is 22.7. The molecule has 2 N–H and O–H groups in total. The third kappa shape index (κ3) is 5.26. The van der Waals surface area contributed by atoms with Crippen molar-refractivity contribution in [2.45, 2.75) is 42.7 Å². The van der Waals surface area contributed by atoms with Crippen molar-refractivity contribution in [3.8, 4) is 0 Å². The Morgan fingerprint density at radius 1 is 1.10 bits per heavy atom. The van der Waals surface area contributed by atoms with Crippen molar-refractivity contribution in [2.75, 3.05) is 50.8 Å². The van der Waals surface area contributed by atoms with Gasteiger partial charge in [-0.05, 0) is 56.5 Å². The predicted molar refractivity (Wildman–Crippen MR) is 152 cm³/mol. The van der Waals surface area contributed by atoms with E-state index < -0.39 is 10.8 Å². The van der Waals surface area contributed by atoms with Crippen molar-refractivity contribution >= 4 is 38.9 Å². The molecular weight excluding hydrogens is 530 g/mol. The van der Waals surface area contributed by atoms with Gasteiger partial charge >= 0.3 is 0 Å². The van der Waals surface area contributed by atoms with Gasteiger partial charge in [0.05, 0.1) is 17.4 Å². The number of hydrogen-bond donors (Lipinski definition) is 2. The number of hydrogen-bond acceptors (Lipinski definition) is 8. The molecule has 0 spiro atoms. The van der Waals surface area contributed by atoms with Crippen molar-refractivity contribution < 1.29 is 13.7 Å². The molecule has 4 heterocycles. The SMILES string of the molecule is Cc1ccc(S(=O)c2n[nH]n3c2nc(=O)c2ccc(N4CCN(CC(=O)NC5CCOCC5)CC4)cc23)c(C)c1. The highest BCUT2D eigenvalue weighted by molar-refractivity contribution is 7.85. The Morgan fingerprint density at radius 3 is 2.62 bits per heavy atom. The first-order valence-corrected chi connectivity index (χ1v) is 14.8. The smallest absolute Gasteiger partial charge is 0.281 e. The van der Waals surface area contributed by atoms with Gasteiger partial charge in [0.25, 0.3) is 5.56 Å². The highest BCUT2D eigenvalue weighted by atomic mass is 32.2. The number of nitrogens with one attached hydrogen (secondary N) is 2. The molecule has 0 radical (unpaired) electrons. The second-order valence-corrected chi connectivity index (χ2v) is 11.9. The number of anilines is 1. The molecule has 2 aliphatic rings. The topological polar surface area (TPSA) is 125 Å². The van der Waals surface area contributed by atoms with E-state index in [-0.39, 0.29) is 28.2 Å². The number of aryl methyl sites for hydroxylation is 2. The molecule has 2 aromatic carbocycles. The van der Waals surface area contributed by atoms with Crippen LogP contribution in [0.1, 0.15) is 24.0 Å². The average molecular weight is 564 g/mol. The molecule has 11 nitrogen and oxygen atoms in total. The molecule has 1 unspecified atom stereocenters. The maximum Gasteiger partial charge on any atom is 0.281 e. The number of nitrogens with zero attached hydrogens (tertiary/aromatic N) is 5. The van der Waals surface area contributed by atoms with Gasteiger partial charge in [-0.1, -0.05) is 17.7 Å². The van der Waals surface area contributed by atoms with E-state index in [9.17, 15) is 13.8 Å². The standard InChI is InChI=1S/C28H33N7O4S/c1-18-3-6-24(19(2)15-18)40(38)28-26-30-27(37)22-5-4-21(16-23(22)35(26)32-31-28)34-11-9-33(10-12-34)17-25(36)29-20-7-13-39-14-8-20/h3-6,15-16,20,32H,7-14,17H2,1-2H3,(H,29,36). The summed E-state index contributed by atoms with van der Waals surface area (Å²) in [7, 11) is -1.60. The Kier molecular flexibility index (Phi) is 7.39. The lowest BCUT2D eigenvalue weighted by Gasteiger charge is -2.36. The second kappa shape index (κ2) is 11.1. The van der Waals surface area contributed by atoms with Crippen LogP contribution in [0.2, 0.25) is 0 Å². The fourth-order valence-corrected chi connectivity index (χ4v) is 6.69. The van der Waals surface area contributed by atoms with Crippen LogP contribution in [0.3, 0.4) is 0 Å². The molecule has 210 valence electrons. The van der Waals surface area contributed by atoms with Crippen LogP contribution in [0.15, 0.2) is 51.1 Å². The number of carbonyl (C=O) groups is 1. The van der Waals surface area contributed by atoms with Gasteiger partial charge < -0.3 is 15.0 Å². The summed E-state index contributed by atoms with van der Waals surface area (Å²) in [5.74, 6) is 0.0635. The van der Waals surface area contributed by atoms with Gasteiger partial charge in [-0.25, -0.2) is 13.9 Å². The van der Waals surface area contributed by atoms with Crippen LogP contribution in [-0.2, 0) is 20.3 Å². The van der Waals surface area contributed by atoms with Crippen LogP contribution < -0.4 is 15.8 Å². The highest BCUT2D eigenvalue weighted by Gasteiger charge is 2.24. The minimum Gasteiger partial charge on any atom is -0.381 e. The fraction of sp³-hybridized carbons (Fsp3) is 0.429. The Bertz CT molecular complexity index is 1650. The van der Waals surface area contributed by atoms with Crippen LogP contribution >= 0.6 is 0 Å². The zero-order valence-corrected chi connectivity index (χ0v) is 23.5. The zero-order chi connectivity index (χ0) is 27.8. The van der Waals surface area contributed by atoms with E-state index in [1.807, 2.05) is 44.2 Å². The van der Waals surface area contributed by atoms with Gasteiger partial charge in [-0.2, -0.15) is 4.98 Å². The van der Waals surface area contributed by atoms with Crippen molar-refractivity contribution in [1.82, 2.24) is 30.0 Å². The lowest BCUT2D eigenvalue weighted by atomic mass is 10.1. The van der Waals surface area contributed by atoms with Crippen LogP contribution in [0.25, 0.3) is 16.6 Å². The summed E-state index contributed by atoms with van der Waals surface area (Å²) >= 11 is 0. The predicted octanol–water partition coefficient (Wildman–Crippen LogP) is 1.77. The minimum atomic E-state index is -1.60. The largest absolute Gasteiger partial charge is 0.381 e. The summed E-state index contributed by atoms with van der Waals surface area (Å²) in [6, 6.07) is 11.6. The quantitative estimate of drug-likeness (QED) is 0.364. The van der Waals surface area contributed by atoms with Gasteiger partial charge in [0.15, 0.2) is 10.7 Å². The number of ether oxygens (including phenoxy) is 1. The summed E-state index contributed by atoms with van der Waals surface area (Å²) in [6.07, 6.45) is 1.74. The molecule has 0 bridgehead atoms. The molecule has 1 amide bonds. The summed E-state index contributed by atoms with van der Waals surface area (Å²) in [6.45, 7) is 8.71. The second-order valence-electron chi connectivity index (χ2n) is 10.5. The first kappa shape index (κ1) is 26.6. The molecule has 4 aromatic rings. The summed E-state index contributed by atoms with van der Waals surface area (Å²) in [5, 5.41) is 11.1. The Morgan fingerprint density at radius 2 is 1.88 bits per heavy atom. The van der Waals surface area contributed by atoms with Gasteiger partial charge in [0, 0.05) is 56.0 Å². The Balaban J connectivity index is 1.20. The summed E-state index contributed by atoms with van der Waals surface area (Å²) in [4.78, 5) is 34.8. The van der Waals surface area contributed by atoms with E-state index in [1.165, 1.54) is 0 Å². The van der Waals surface area contributed by atoms with Crippen LogP contribution in [0, 0.1) is 13.8 Å². The van der Waals surface area contributed by atoms with Gasteiger partial charge in [-0.15, -0.1) is 5.10 Å². The van der Waals surface area contributed by atoms with E-state index in [0.29, 0.717) is 35.6 Å². The molecule has 0 aliphatic carbocycles. The molecular formula is C28H33N7O4S. The van der Waals surface area contributed by atoms with Gasteiger partial charge in [0.2, 0.25) is 5.91 Å². The maximum absolute atomic E-state index is 13.5. The number of rotatable bonds is 6. The minimum absolute atomic E-state index is 0.0635. The van der Waals surface area contributed by atoms with Gasteiger partial charge in [-0.3, -0.25) is 14.5 Å². The van der Waals surface area contributed by atoms with Crippen molar-refractivity contribution in [1.29, 1.82) is 0 Å². The molecule has 1 atom stereocenters. The van der Waals surface area contributed by atoms with E-state index in [0.717, 1.165) is 55.8 Å². The number of aromatic amines is 1. The molecule has 2 fully saturated rings. The fourth-order valence-electron chi connectivity index (χ4n) is 5.51. The highest BCUT2D eigenvalue weighted by Crippen LogP contribution is 2.25. The maximum atomic E-state index is 13.5. The molecule has 0 saturated carbocycles. The van der Waals surface area contributed by atoms with Crippen molar-refractivity contribution in [2.24, 2.45) is 0 Å². The number of benzene rings is 2. The molecule has 40 heavy (non-hydrogen) atoms. The molecule has 2 aromatic heterocycles. The molecule has 6 rings (SSSR count). The normalized spacial score (nSPS) is 17.9. The third-order valence-electron chi connectivity index (χ3n) is 7.71. The lowest BCUT2D eigenvalue weighted by Crippen LogP contribution is -2.51.